The second-order valence-electron chi connectivity index (χ2n) is 4.29. The molecule has 108 valence electrons. The minimum atomic E-state index is -1.04. The molecule has 1 rings (SSSR count). The van der Waals surface area contributed by atoms with Crippen molar-refractivity contribution in [1.82, 2.24) is 4.90 Å². The van der Waals surface area contributed by atoms with E-state index in [2.05, 4.69) is 4.90 Å². The van der Waals surface area contributed by atoms with Crippen LogP contribution in [0.4, 0.5) is 0 Å². The molecule has 1 heterocycles. The van der Waals surface area contributed by atoms with Crippen molar-refractivity contribution in [2.24, 2.45) is 0 Å². The van der Waals surface area contributed by atoms with E-state index in [-0.39, 0.29) is 5.76 Å². The van der Waals surface area contributed by atoms with Crippen molar-refractivity contribution in [1.29, 1.82) is 0 Å². The highest BCUT2D eigenvalue weighted by Crippen LogP contribution is 2.16. The molecule has 1 N–H and O–H groups in total. The summed E-state index contributed by atoms with van der Waals surface area (Å²) in [5, 5.41) is 8.95. The zero-order valence-electron chi connectivity index (χ0n) is 11.6. The molecule has 19 heavy (non-hydrogen) atoms. The fraction of sp³-hybridized carbons (Fsp3) is 0.615. The zero-order valence-corrected chi connectivity index (χ0v) is 11.6. The van der Waals surface area contributed by atoms with Gasteiger partial charge in [0.1, 0.15) is 5.76 Å². The Morgan fingerprint density at radius 3 is 2.32 bits per heavy atom. The molecule has 0 aromatic carbocycles. The summed E-state index contributed by atoms with van der Waals surface area (Å²) in [6, 6.07) is 1.76. The average Bonchev–Trinajstić information content (AvgIpc) is 2.73. The van der Waals surface area contributed by atoms with Crippen LogP contribution in [0, 0.1) is 6.92 Å². The number of methoxy groups -OCH3 is 2. The normalized spacial score (nSPS) is 11.2. The Morgan fingerprint density at radius 1 is 1.32 bits per heavy atom. The van der Waals surface area contributed by atoms with Gasteiger partial charge in [-0.2, -0.15) is 0 Å². The van der Waals surface area contributed by atoms with E-state index < -0.39 is 5.97 Å². The lowest BCUT2D eigenvalue weighted by Gasteiger charge is -2.20. The van der Waals surface area contributed by atoms with Crippen LogP contribution in [-0.2, 0) is 16.0 Å². The quantitative estimate of drug-likeness (QED) is 0.731. The summed E-state index contributed by atoms with van der Waals surface area (Å²) in [5.41, 5.74) is 0.640. The van der Waals surface area contributed by atoms with E-state index >= 15 is 0 Å². The predicted octanol–water partition coefficient (Wildman–Crippen LogP) is 1.38. The summed E-state index contributed by atoms with van der Waals surface area (Å²) >= 11 is 0. The van der Waals surface area contributed by atoms with Crippen molar-refractivity contribution in [3.63, 3.8) is 0 Å². The molecule has 0 bridgehead atoms. The van der Waals surface area contributed by atoms with Crippen LogP contribution < -0.4 is 0 Å². The summed E-state index contributed by atoms with van der Waals surface area (Å²) in [7, 11) is 3.29. The van der Waals surface area contributed by atoms with E-state index in [1.165, 1.54) is 0 Å². The number of carboxylic acid groups (broad SMARTS) is 1. The third-order valence-electron chi connectivity index (χ3n) is 2.77. The monoisotopic (exact) mass is 271 g/mol. The van der Waals surface area contributed by atoms with Crippen molar-refractivity contribution >= 4 is 5.97 Å². The van der Waals surface area contributed by atoms with Crippen molar-refractivity contribution in [3.05, 3.63) is 23.2 Å². The van der Waals surface area contributed by atoms with Crippen LogP contribution in [0.2, 0.25) is 0 Å². The molecule has 0 aliphatic rings. The molecular weight excluding hydrogens is 250 g/mol. The van der Waals surface area contributed by atoms with Gasteiger partial charge in [-0.15, -0.1) is 0 Å². The van der Waals surface area contributed by atoms with E-state index in [0.29, 0.717) is 31.1 Å². The number of carbonyl (C=O) groups is 1. The minimum Gasteiger partial charge on any atom is -0.475 e. The smallest absolute Gasteiger partial charge is 0.372 e. The van der Waals surface area contributed by atoms with E-state index in [9.17, 15) is 4.79 Å². The maximum Gasteiger partial charge on any atom is 0.372 e. The summed E-state index contributed by atoms with van der Waals surface area (Å²) in [5.74, 6) is -0.389. The minimum absolute atomic E-state index is 0.00781. The Kier molecular flexibility index (Phi) is 6.55. The van der Waals surface area contributed by atoms with E-state index in [0.717, 1.165) is 13.1 Å². The SMILES string of the molecule is COCCN(CCOC)Cc1cc(C)c(C(=O)O)o1. The van der Waals surface area contributed by atoms with Gasteiger partial charge in [-0.05, 0) is 13.0 Å². The van der Waals surface area contributed by atoms with Crippen LogP contribution in [0.3, 0.4) is 0 Å². The van der Waals surface area contributed by atoms with Gasteiger partial charge >= 0.3 is 5.97 Å². The molecule has 0 saturated heterocycles. The fourth-order valence-corrected chi connectivity index (χ4v) is 1.77. The largest absolute Gasteiger partial charge is 0.475 e. The van der Waals surface area contributed by atoms with Crippen LogP contribution in [0.5, 0.6) is 0 Å². The van der Waals surface area contributed by atoms with Crippen LogP contribution in [0.15, 0.2) is 10.5 Å². The van der Waals surface area contributed by atoms with Gasteiger partial charge in [0.25, 0.3) is 0 Å². The number of aryl methyl sites for hydroxylation is 1. The number of ether oxygens (including phenoxy) is 2. The maximum absolute atomic E-state index is 10.9. The number of carboxylic acids is 1. The predicted molar refractivity (Wildman–Crippen MR) is 69.4 cm³/mol. The standard InChI is InChI=1S/C13H21NO5/c1-10-8-11(19-12(10)13(15)16)9-14(4-6-17-2)5-7-18-3/h8H,4-7,9H2,1-3H3,(H,15,16). The number of nitrogens with zero attached hydrogens (tertiary/aromatic N) is 1. The van der Waals surface area contributed by atoms with Crippen LogP contribution >= 0.6 is 0 Å². The van der Waals surface area contributed by atoms with E-state index in [1.807, 2.05) is 0 Å². The van der Waals surface area contributed by atoms with Gasteiger partial charge in [-0.25, -0.2) is 4.79 Å². The average molecular weight is 271 g/mol. The molecular formula is C13H21NO5. The van der Waals surface area contributed by atoms with Gasteiger partial charge in [-0.3, -0.25) is 4.90 Å². The lowest BCUT2D eigenvalue weighted by Crippen LogP contribution is -2.30. The Labute approximate surface area is 112 Å². The number of aromatic carboxylic acids is 1. The van der Waals surface area contributed by atoms with Gasteiger partial charge in [0.05, 0.1) is 19.8 Å². The third-order valence-corrected chi connectivity index (χ3v) is 2.77. The first-order valence-corrected chi connectivity index (χ1v) is 6.11. The molecule has 0 spiro atoms. The number of rotatable bonds is 9. The van der Waals surface area contributed by atoms with Crippen molar-refractivity contribution in [2.75, 3.05) is 40.5 Å². The number of hydrogen-bond acceptors (Lipinski definition) is 5. The Balaban J connectivity index is 2.66. The fourth-order valence-electron chi connectivity index (χ4n) is 1.77. The Bertz CT molecular complexity index is 394. The van der Waals surface area contributed by atoms with Crippen molar-refractivity contribution in [3.8, 4) is 0 Å². The highest BCUT2D eigenvalue weighted by molar-refractivity contribution is 5.86. The molecule has 1 aromatic rings. The van der Waals surface area contributed by atoms with Crippen molar-refractivity contribution in [2.45, 2.75) is 13.5 Å². The Hall–Kier alpha value is -1.37. The molecule has 0 atom stereocenters. The van der Waals surface area contributed by atoms with E-state index in [1.54, 1.807) is 27.2 Å². The molecule has 6 nitrogen and oxygen atoms in total. The summed E-state index contributed by atoms with van der Waals surface area (Å²) in [4.78, 5) is 13.0. The second kappa shape index (κ2) is 7.93. The first-order chi connectivity index (χ1) is 9.08. The van der Waals surface area contributed by atoms with Gasteiger partial charge in [0.15, 0.2) is 0 Å². The molecule has 0 aliphatic heterocycles. The van der Waals surface area contributed by atoms with E-state index in [4.69, 9.17) is 19.0 Å². The van der Waals surface area contributed by atoms with Gasteiger partial charge in [0.2, 0.25) is 5.76 Å². The van der Waals surface area contributed by atoms with Crippen LogP contribution in [-0.4, -0.2) is 56.5 Å². The molecule has 0 saturated carbocycles. The third kappa shape index (κ3) is 5.02. The maximum atomic E-state index is 10.9. The lowest BCUT2D eigenvalue weighted by molar-refractivity contribution is 0.0654. The van der Waals surface area contributed by atoms with Crippen LogP contribution in [0.25, 0.3) is 0 Å². The van der Waals surface area contributed by atoms with Crippen LogP contribution in [0.1, 0.15) is 21.9 Å². The molecule has 0 radical (unpaired) electrons. The first-order valence-electron chi connectivity index (χ1n) is 6.11. The topological polar surface area (TPSA) is 72.1 Å². The lowest BCUT2D eigenvalue weighted by atomic mass is 10.2. The van der Waals surface area contributed by atoms with Gasteiger partial charge in [0, 0.05) is 32.9 Å². The summed E-state index contributed by atoms with van der Waals surface area (Å²) < 4.78 is 15.4. The first kappa shape index (κ1) is 15.7. The zero-order chi connectivity index (χ0) is 14.3. The number of furan rings is 1. The molecule has 0 unspecified atom stereocenters. The van der Waals surface area contributed by atoms with Gasteiger partial charge in [-0.1, -0.05) is 0 Å². The highest BCUT2D eigenvalue weighted by atomic mass is 16.5. The Morgan fingerprint density at radius 2 is 1.89 bits per heavy atom. The molecule has 0 fully saturated rings. The highest BCUT2D eigenvalue weighted by Gasteiger charge is 2.16. The van der Waals surface area contributed by atoms with Crippen molar-refractivity contribution < 1.29 is 23.8 Å². The number of hydrogen-bond donors (Lipinski definition) is 1. The molecule has 0 aliphatic carbocycles. The molecule has 0 amide bonds. The van der Waals surface area contributed by atoms with Gasteiger partial charge < -0.3 is 19.0 Å². The second-order valence-corrected chi connectivity index (χ2v) is 4.29. The molecule has 6 heteroatoms. The molecule has 1 aromatic heterocycles. The summed E-state index contributed by atoms with van der Waals surface area (Å²) in [6.07, 6.45) is 0. The summed E-state index contributed by atoms with van der Waals surface area (Å²) in [6.45, 7) is 4.96.